The molecule has 6 heteroatoms. The molecule has 19 heavy (non-hydrogen) atoms. The Bertz CT molecular complexity index is 766. The van der Waals surface area contributed by atoms with E-state index < -0.39 is 0 Å². The van der Waals surface area contributed by atoms with Gasteiger partial charge in [0.2, 0.25) is 0 Å². The lowest BCUT2D eigenvalue weighted by Gasteiger charge is -2.00. The number of nitrogens with zero attached hydrogens (tertiary/aromatic N) is 2. The average Bonchev–Trinajstić information content (AvgIpc) is 2.69. The number of pyridine rings is 1. The Hall–Kier alpha value is -1.78. The number of fused-ring (bicyclic) bond motifs is 1. The molecule has 0 bridgehead atoms. The van der Waals surface area contributed by atoms with Gasteiger partial charge in [-0.3, -0.25) is 4.40 Å². The van der Waals surface area contributed by atoms with Crippen LogP contribution in [0.4, 0.5) is 10.2 Å². The number of hydrogen-bond donors (Lipinski definition) is 1. The number of halogens is 3. The molecule has 0 aliphatic heterocycles. The molecule has 0 spiro atoms. The van der Waals surface area contributed by atoms with Crippen LogP contribution in [0.2, 0.25) is 10.0 Å². The van der Waals surface area contributed by atoms with Gasteiger partial charge in [0.05, 0.1) is 10.0 Å². The SMILES string of the molecule is Nc1c(-c2ccc(F)cc2)nc2c(Cl)cc(Cl)cn12. The van der Waals surface area contributed by atoms with Crippen molar-refractivity contribution in [3.63, 3.8) is 0 Å². The van der Waals surface area contributed by atoms with Crippen LogP contribution < -0.4 is 5.73 Å². The van der Waals surface area contributed by atoms with E-state index in [9.17, 15) is 4.39 Å². The lowest BCUT2D eigenvalue weighted by Crippen LogP contribution is -1.94. The molecule has 0 fully saturated rings. The summed E-state index contributed by atoms with van der Waals surface area (Å²) >= 11 is 12.0. The number of hydrogen-bond acceptors (Lipinski definition) is 2. The van der Waals surface area contributed by atoms with Gasteiger partial charge in [-0.2, -0.15) is 0 Å². The first-order valence-electron chi connectivity index (χ1n) is 5.45. The minimum absolute atomic E-state index is 0.313. The number of anilines is 1. The smallest absolute Gasteiger partial charge is 0.158 e. The molecule has 0 radical (unpaired) electrons. The third-order valence-electron chi connectivity index (χ3n) is 2.80. The van der Waals surface area contributed by atoms with E-state index in [1.54, 1.807) is 28.8 Å². The molecule has 2 heterocycles. The van der Waals surface area contributed by atoms with Crippen LogP contribution >= 0.6 is 23.2 Å². The molecule has 0 aliphatic rings. The summed E-state index contributed by atoms with van der Waals surface area (Å²) in [6.45, 7) is 0. The summed E-state index contributed by atoms with van der Waals surface area (Å²) in [4.78, 5) is 4.38. The Balaban J connectivity index is 2.28. The monoisotopic (exact) mass is 295 g/mol. The number of nitrogens with two attached hydrogens (primary N) is 1. The summed E-state index contributed by atoms with van der Waals surface area (Å²) in [5.41, 5.74) is 7.82. The van der Waals surface area contributed by atoms with Gasteiger partial charge in [-0.05, 0) is 30.3 Å². The van der Waals surface area contributed by atoms with E-state index in [4.69, 9.17) is 28.9 Å². The molecule has 3 nitrogen and oxygen atoms in total. The second-order valence-electron chi connectivity index (χ2n) is 4.05. The third-order valence-corrected chi connectivity index (χ3v) is 3.28. The Morgan fingerprint density at radius 1 is 1.16 bits per heavy atom. The molecule has 0 atom stereocenters. The fourth-order valence-corrected chi connectivity index (χ4v) is 2.42. The zero-order valence-corrected chi connectivity index (χ0v) is 11.1. The summed E-state index contributed by atoms with van der Waals surface area (Å²) in [6.07, 6.45) is 1.64. The van der Waals surface area contributed by atoms with Crippen molar-refractivity contribution in [2.75, 3.05) is 5.73 Å². The van der Waals surface area contributed by atoms with Crippen LogP contribution in [0.3, 0.4) is 0 Å². The van der Waals surface area contributed by atoms with E-state index >= 15 is 0 Å². The van der Waals surface area contributed by atoms with E-state index in [1.165, 1.54) is 12.1 Å². The second-order valence-corrected chi connectivity index (χ2v) is 4.90. The van der Waals surface area contributed by atoms with E-state index in [0.717, 1.165) is 5.56 Å². The van der Waals surface area contributed by atoms with Gasteiger partial charge >= 0.3 is 0 Å². The minimum Gasteiger partial charge on any atom is -0.383 e. The highest BCUT2D eigenvalue weighted by atomic mass is 35.5. The normalized spacial score (nSPS) is 11.1. The van der Waals surface area contributed by atoms with Crippen molar-refractivity contribution in [1.29, 1.82) is 0 Å². The first-order chi connectivity index (χ1) is 9.06. The van der Waals surface area contributed by atoms with Gasteiger partial charge in [0.25, 0.3) is 0 Å². The van der Waals surface area contributed by atoms with Gasteiger partial charge in [0.1, 0.15) is 17.3 Å². The molecular weight excluding hydrogens is 288 g/mol. The molecule has 3 aromatic rings. The van der Waals surface area contributed by atoms with Crippen molar-refractivity contribution in [3.8, 4) is 11.3 Å². The Morgan fingerprint density at radius 2 is 1.84 bits per heavy atom. The molecule has 1 aromatic carbocycles. The van der Waals surface area contributed by atoms with Crippen LogP contribution in [0.25, 0.3) is 16.9 Å². The van der Waals surface area contributed by atoms with Gasteiger partial charge in [-0.15, -0.1) is 0 Å². The summed E-state index contributed by atoms with van der Waals surface area (Å²) in [5, 5.41) is 0.875. The number of imidazole rings is 1. The predicted octanol–water partition coefficient (Wildman–Crippen LogP) is 4.03. The molecule has 2 N–H and O–H groups in total. The van der Waals surface area contributed by atoms with E-state index in [1.807, 2.05) is 0 Å². The molecule has 0 unspecified atom stereocenters. The summed E-state index contributed by atoms with van der Waals surface area (Å²) in [5.74, 6) is 0.0955. The maximum atomic E-state index is 12.9. The zero-order valence-electron chi connectivity index (χ0n) is 9.57. The highest BCUT2D eigenvalue weighted by molar-refractivity contribution is 6.36. The fraction of sp³-hybridized carbons (Fsp3) is 0. The van der Waals surface area contributed by atoms with Crippen molar-refractivity contribution in [1.82, 2.24) is 9.38 Å². The van der Waals surface area contributed by atoms with Gasteiger partial charge in [0, 0.05) is 11.8 Å². The Kier molecular flexibility index (Phi) is 2.84. The molecule has 96 valence electrons. The molecular formula is C13H8Cl2FN3. The van der Waals surface area contributed by atoms with Crippen LogP contribution in [0, 0.1) is 5.82 Å². The second kappa shape index (κ2) is 4.40. The maximum Gasteiger partial charge on any atom is 0.158 e. The van der Waals surface area contributed by atoms with Crippen molar-refractivity contribution < 1.29 is 4.39 Å². The number of benzene rings is 1. The molecule has 3 rings (SSSR count). The topological polar surface area (TPSA) is 43.3 Å². The standard InChI is InChI=1S/C13H8Cl2FN3/c14-8-5-10(15)13-18-11(12(17)19(13)6-8)7-1-3-9(16)4-2-7/h1-6H,17H2. The lowest BCUT2D eigenvalue weighted by molar-refractivity contribution is 0.628. The molecule has 0 saturated heterocycles. The van der Waals surface area contributed by atoms with Crippen LogP contribution in [0.5, 0.6) is 0 Å². The quantitative estimate of drug-likeness (QED) is 0.736. The van der Waals surface area contributed by atoms with Gasteiger partial charge in [-0.1, -0.05) is 23.2 Å². The largest absolute Gasteiger partial charge is 0.383 e. The van der Waals surface area contributed by atoms with Crippen molar-refractivity contribution in [2.24, 2.45) is 0 Å². The van der Waals surface area contributed by atoms with E-state index in [0.29, 0.717) is 27.2 Å². The first-order valence-corrected chi connectivity index (χ1v) is 6.20. The fourth-order valence-electron chi connectivity index (χ4n) is 1.91. The number of nitrogen functional groups attached to an aromatic ring is 1. The number of aromatic nitrogens is 2. The van der Waals surface area contributed by atoms with E-state index in [-0.39, 0.29) is 5.82 Å². The Morgan fingerprint density at radius 3 is 2.53 bits per heavy atom. The van der Waals surface area contributed by atoms with Crippen LogP contribution in [-0.4, -0.2) is 9.38 Å². The van der Waals surface area contributed by atoms with Gasteiger partial charge in [-0.25, -0.2) is 9.37 Å². The molecule has 0 aliphatic carbocycles. The molecule has 0 amide bonds. The van der Waals surface area contributed by atoms with Crippen LogP contribution in [0.1, 0.15) is 0 Å². The molecule has 0 saturated carbocycles. The summed E-state index contributed by atoms with van der Waals surface area (Å²) in [6, 6.07) is 7.53. The highest BCUT2D eigenvalue weighted by Crippen LogP contribution is 2.31. The lowest BCUT2D eigenvalue weighted by atomic mass is 10.1. The summed E-state index contributed by atoms with van der Waals surface area (Å²) in [7, 11) is 0. The summed E-state index contributed by atoms with van der Waals surface area (Å²) < 4.78 is 14.5. The highest BCUT2D eigenvalue weighted by Gasteiger charge is 2.14. The minimum atomic E-state index is -0.313. The van der Waals surface area contributed by atoms with Crippen LogP contribution in [0.15, 0.2) is 36.5 Å². The van der Waals surface area contributed by atoms with Crippen molar-refractivity contribution in [2.45, 2.75) is 0 Å². The van der Waals surface area contributed by atoms with Gasteiger partial charge < -0.3 is 5.73 Å². The number of rotatable bonds is 1. The van der Waals surface area contributed by atoms with Crippen LogP contribution in [-0.2, 0) is 0 Å². The molecule has 2 aromatic heterocycles. The van der Waals surface area contributed by atoms with Gasteiger partial charge in [0.15, 0.2) is 5.65 Å². The average molecular weight is 296 g/mol. The van der Waals surface area contributed by atoms with Crippen molar-refractivity contribution in [3.05, 3.63) is 52.4 Å². The third kappa shape index (κ3) is 2.03. The predicted molar refractivity (Wildman–Crippen MR) is 75.0 cm³/mol. The maximum absolute atomic E-state index is 12.9. The first kappa shape index (κ1) is 12.3. The van der Waals surface area contributed by atoms with E-state index in [2.05, 4.69) is 4.98 Å². The Labute approximate surface area is 118 Å². The van der Waals surface area contributed by atoms with Crippen molar-refractivity contribution >= 4 is 34.7 Å². The zero-order chi connectivity index (χ0) is 13.6.